The second-order valence-corrected chi connectivity index (χ2v) is 20.9. The summed E-state index contributed by atoms with van der Waals surface area (Å²) in [5, 5.41) is 0.248. The van der Waals surface area contributed by atoms with Gasteiger partial charge in [-0.1, -0.05) is 41.5 Å². The Morgan fingerprint density at radius 3 is 2.17 bits per heavy atom. The highest BCUT2D eigenvalue weighted by Crippen LogP contribution is 2.43. The summed E-state index contributed by atoms with van der Waals surface area (Å²) >= 11 is 0. The number of ether oxygens (including phenoxy) is 1. The van der Waals surface area contributed by atoms with Crippen LogP contribution >= 0.6 is 0 Å². The van der Waals surface area contributed by atoms with Crippen molar-refractivity contribution in [3.63, 3.8) is 0 Å². The lowest BCUT2D eigenvalue weighted by atomic mass is 10.1. The van der Waals surface area contributed by atoms with Crippen molar-refractivity contribution in [2.24, 2.45) is 0 Å². The standard InChI is InChI=1S/C22H41NO4Si2/c1-21(2,3)28(7,8)25-15-19-18(27-29(9,10)22(4,5)6)14-17(26-19)16-12-11-13-23-20(16)24/h11-13,17-19H,14-15H2,1-10H3,(H,23,24)/t17-,18+,19-/m1/s1. The largest absolute Gasteiger partial charge is 0.414 e. The van der Waals surface area contributed by atoms with Gasteiger partial charge >= 0.3 is 0 Å². The van der Waals surface area contributed by atoms with Crippen LogP contribution in [0.5, 0.6) is 0 Å². The molecule has 5 nitrogen and oxygen atoms in total. The van der Waals surface area contributed by atoms with Gasteiger partial charge < -0.3 is 18.6 Å². The fraction of sp³-hybridized carbons (Fsp3) is 0.773. The minimum atomic E-state index is -1.98. The number of H-pyrrole nitrogens is 1. The second-order valence-electron chi connectivity index (χ2n) is 11.3. The van der Waals surface area contributed by atoms with E-state index < -0.39 is 16.6 Å². The van der Waals surface area contributed by atoms with Gasteiger partial charge in [0.05, 0.1) is 18.8 Å². The van der Waals surface area contributed by atoms with E-state index >= 15 is 0 Å². The van der Waals surface area contributed by atoms with Gasteiger partial charge in [0.2, 0.25) is 0 Å². The molecule has 1 aliphatic heterocycles. The molecule has 0 aliphatic carbocycles. The quantitative estimate of drug-likeness (QED) is 0.585. The minimum Gasteiger partial charge on any atom is -0.414 e. The number of pyridine rings is 1. The first-order valence-corrected chi connectivity index (χ1v) is 16.5. The van der Waals surface area contributed by atoms with Crippen molar-refractivity contribution in [1.82, 2.24) is 4.98 Å². The van der Waals surface area contributed by atoms with Crippen LogP contribution < -0.4 is 5.56 Å². The molecule has 29 heavy (non-hydrogen) atoms. The second kappa shape index (κ2) is 8.42. The first-order chi connectivity index (χ1) is 13.1. The highest BCUT2D eigenvalue weighted by Gasteiger charge is 2.46. The Hall–Kier alpha value is -0.736. The number of hydrogen-bond acceptors (Lipinski definition) is 4. The van der Waals surface area contributed by atoms with Gasteiger partial charge in [0, 0.05) is 18.2 Å². The molecule has 1 aromatic rings. The number of aromatic nitrogens is 1. The van der Waals surface area contributed by atoms with E-state index in [4.69, 9.17) is 13.6 Å². The third-order valence-electron chi connectivity index (χ3n) is 7.06. The van der Waals surface area contributed by atoms with Crippen LogP contribution in [0.1, 0.15) is 59.6 Å². The van der Waals surface area contributed by atoms with Gasteiger partial charge in [-0.25, -0.2) is 0 Å². The Kier molecular flexibility index (Phi) is 7.12. The zero-order chi connectivity index (χ0) is 22.3. The molecule has 3 atom stereocenters. The number of hydrogen-bond donors (Lipinski definition) is 1. The van der Waals surface area contributed by atoms with Gasteiger partial charge in [0.1, 0.15) is 6.10 Å². The molecule has 1 aliphatic rings. The monoisotopic (exact) mass is 439 g/mol. The predicted octanol–water partition coefficient (Wildman–Crippen LogP) is 5.62. The highest BCUT2D eigenvalue weighted by molar-refractivity contribution is 6.74. The molecule has 2 rings (SSSR count). The lowest BCUT2D eigenvalue weighted by Gasteiger charge is -2.40. The van der Waals surface area contributed by atoms with E-state index in [0.717, 1.165) is 0 Å². The number of rotatable bonds is 6. The van der Waals surface area contributed by atoms with Crippen molar-refractivity contribution in [3.05, 3.63) is 34.2 Å². The lowest BCUT2D eigenvalue weighted by Crippen LogP contribution is -2.48. The lowest BCUT2D eigenvalue weighted by molar-refractivity contribution is -0.0168. The van der Waals surface area contributed by atoms with E-state index in [0.29, 0.717) is 18.6 Å². The van der Waals surface area contributed by atoms with E-state index in [1.165, 1.54) is 0 Å². The van der Waals surface area contributed by atoms with Crippen molar-refractivity contribution in [2.45, 2.75) is 103 Å². The fourth-order valence-electron chi connectivity index (χ4n) is 2.94. The van der Waals surface area contributed by atoms with Crippen molar-refractivity contribution in [1.29, 1.82) is 0 Å². The van der Waals surface area contributed by atoms with E-state index in [9.17, 15) is 4.79 Å². The molecule has 1 fully saturated rings. The zero-order valence-corrected chi connectivity index (χ0v) is 22.0. The van der Waals surface area contributed by atoms with E-state index in [-0.39, 0.29) is 33.9 Å². The molecule has 0 saturated carbocycles. The first kappa shape index (κ1) is 24.5. The molecule has 0 radical (unpaired) electrons. The summed E-state index contributed by atoms with van der Waals surface area (Å²) in [6.07, 6.45) is 1.85. The predicted molar refractivity (Wildman–Crippen MR) is 125 cm³/mol. The first-order valence-electron chi connectivity index (χ1n) is 10.7. The molecule has 0 aromatic carbocycles. The molecule has 166 valence electrons. The summed E-state index contributed by atoms with van der Waals surface area (Å²) in [7, 11) is -3.88. The third-order valence-corrected chi connectivity index (χ3v) is 16.1. The Morgan fingerprint density at radius 1 is 1.07 bits per heavy atom. The van der Waals surface area contributed by atoms with Gasteiger partial charge in [-0.2, -0.15) is 0 Å². The number of aromatic amines is 1. The summed E-state index contributed by atoms with van der Waals surface area (Å²) in [6.45, 7) is 23.0. The topological polar surface area (TPSA) is 60.5 Å². The molecular weight excluding hydrogens is 398 g/mol. The van der Waals surface area contributed by atoms with Crippen molar-refractivity contribution in [3.8, 4) is 0 Å². The molecule has 0 bridgehead atoms. The van der Waals surface area contributed by atoms with E-state index in [2.05, 4.69) is 72.7 Å². The molecule has 1 N–H and O–H groups in total. The SMILES string of the molecule is CC(C)(C)[Si](C)(C)OC[C@H]1O[C@@H](c2ccc[nH]c2=O)C[C@@H]1O[Si](C)(C)C(C)(C)C. The van der Waals surface area contributed by atoms with Crippen molar-refractivity contribution < 1.29 is 13.6 Å². The Morgan fingerprint density at radius 2 is 1.66 bits per heavy atom. The van der Waals surface area contributed by atoms with Crippen LogP contribution in [0, 0.1) is 0 Å². The maximum absolute atomic E-state index is 12.3. The zero-order valence-electron chi connectivity index (χ0n) is 20.0. The molecule has 2 heterocycles. The highest BCUT2D eigenvalue weighted by atomic mass is 28.4. The van der Waals surface area contributed by atoms with Crippen molar-refractivity contribution in [2.75, 3.05) is 6.61 Å². The summed E-state index contributed by atoms with van der Waals surface area (Å²) < 4.78 is 19.6. The molecule has 1 saturated heterocycles. The third kappa shape index (κ3) is 5.70. The maximum atomic E-state index is 12.3. The van der Waals surface area contributed by atoms with Crippen LogP contribution in [0.15, 0.2) is 23.1 Å². The van der Waals surface area contributed by atoms with E-state index in [1.807, 2.05) is 12.1 Å². The van der Waals surface area contributed by atoms with Gasteiger partial charge in [0.15, 0.2) is 16.6 Å². The molecule has 0 spiro atoms. The van der Waals surface area contributed by atoms with Gasteiger partial charge in [0.25, 0.3) is 5.56 Å². The maximum Gasteiger partial charge on any atom is 0.253 e. The number of nitrogens with one attached hydrogen (secondary N) is 1. The average Bonchev–Trinajstić information content (AvgIpc) is 2.93. The fourth-order valence-corrected chi connectivity index (χ4v) is 5.31. The summed E-state index contributed by atoms with van der Waals surface area (Å²) in [4.78, 5) is 15.1. The summed E-state index contributed by atoms with van der Waals surface area (Å²) in [6, 6.07) is 3.70. The Labute approximate surface area is 178 Å². The Bertz CT molecular complexity index is 746. The molecule has 7 heteroatoms. The van der Waals surface area contributed by atoms with Crippen LogP contribution in [0.2, 0.25) is 36.3 Å². The molecular formula is C22H41NO4Si2. The van der Waals surface area contributed by atoms with Crippen molar-refractivity contribution >= 4 is 16.6 Å². The van der Waals surface area contributed by atoms with Gasteiger partial charge in [-0.3, -0.25) is 4.79 Å². The molecule has 0 unspecified atom stereocenters. The smallest absolute Gasteiger partial charge is 0.253 e. The van der Waals surface area contributed by atoms with Crippen LogP contribution in [0.3, 0.4) is 0 Å². The normalized spacial score (nSPS) is 24.1. The molecule has 1 aromatic heterocycles. The summed E-state index contributed by atoms with van der Waals surface area (Å²) in [5.74, 6) is 0. The summed E-state index contributed by atoms with van der Waals surface area (Å²) in [5.41, 5.74) is 0.584. The minimum absolute atomic E-state index is 0.0646. The average molecular weight is 440 g/mol. The van der Waals surface area contributed by atoms with Crippen LogP contribution in [0.4, 0.5) is 0 Å². The van der Waals surface area contributed by atoms with E-state index in [1.54, 1.807) is 6.20 Å². The van der Waals surface area contributed by atoms with Crippen LogP contribution in [-0.2, 0) is 13.6 Å². The molecule has 0 amide bonds. The Balaban J connectivity index is 2.24. The van der Waals surface area contributed by atoms with Gasteiger partial charge in [-0.05, 0) is 48.4 Å². The van der Waals surface area contributed by atoms with Crippen LogP contribution in [-0.4, -0.2) is 40.4 Å². The van der Waals surface area contributed by atoms with Gasteiger partial charge in [-0.15, -0.1) is 0 Å². The van der Waals surface area contributed by atoms with Crippen LogP contribution in [0.25, 0.3) is 0 Å².